The van der Waals surface area contributed by atoms with Crippen LogP contribution >= 0.6 is 11.6 Å². The van der Waals surface area contributed by atoms with Crippen LogP contribution in [0.15, 0.2) is 18.2 Å². The van der Waals surface area contributed by atoms with Gasteiger partial charge in [-0.25, -0.2) is 4.39 Å². The van der Waals surface area contributed by atoms with Crippen LogP contribution in [-0.4, -0.2) is 24.4 Å². The smallest absolute Gasteiger partial charge is 0.251 e. The second kappa shape index (κ2) is 6.75. The fourth-order valence-electron chi connectivity index (χ4n) is 1.69. The van der Waals surface area contributed by atoms with E-state index < -0.39 is 5.82 Å². The van der Waals surface area contributed by atoms with Crippen LogP contribution < -0.4 is 10.1 Å². The van der Waals surface area contributed by atoms with Crippen molar-refractivity contribution < 1.29 is 13.9 Å². The molecule has 1 rings (SSSR count). The maximum absolute atomic E-state index is 13.5. The Morgan fingerprint density at radius 2 is 2.21 bits per heavy atom. The zero-order chi connectivity index (χ0) is 14.5. The van der Waals surface area contributed by atoms with Gasteiger partial charge in [0.25, 0.3) is 5.91 Å². The molecule has 5 heteroatoms. The third-order valence-corrected chi connectivity index (χ3v) is 3.44. The number of benzene rings is 1. The van der Waals surface area contributed by atoms with Gasteiger partial charge in [0.2, 0.25) is 0 Å². The van der Waals surface area contributed by atoms with E-state index in [1.165, 1.54) is 25.3 Å². The first-order valence-electron chi connectivity index (χ1n) is 6.17. The standard InChI is InChI=1S/C14H19ClFNO2/c1-4-14(2,7-8-15)17-13(18)10-5-6-12(19-3)11(16)9-10/h5-6,9H,4,7-8H2,1-3H3,(H,17,18). The number of ether oxygens (including phenoxy) is 1. The van der Waals surface area contributed by atoms with Crippen molar-refractivity contribution in [3.05, 3.63) is 29.6 Å². The molecule has 0 aromatic heterocycles. The fourth-order valence-corrected chi connectivity index (χ4v) is 2.11. The number of nitrogens with one attached hydrogen (secondary N) is 1. The highest BCUT2D eigenvalue weighted by atomic mass is 35.5. The van der Waals surface area contributed by atoms with E-state index in [1.807, 2.05) is 13.8 Å². The van der Waals surface area contributed by atoms with E-state index in [4.69, 9.17) is 16.3 Å². The highest BCUT2D eigenvalue weighted by Gasteiger charge is 2.24. The minimum absolute atomic E-state index is 0.121. The van der Waals surface area contributed by atoms with Crippen LogP contribution in [0.5, 0.6) is 5.75 Å². The molecule has 0 aliphatic rings. The van der Waals surface area contributed by atoms with Gasteiger partial charge in [-0.05, 0) is 38.0 Å². The molecule has 1 aromatic rings. The van der Waals surface area contributed by atoms with Crippen LogP contribution in [-0.2, 0) is 0 Å². The van der Waals surface area contributed by atoms with E-state index in [-0.39, 0.29) is 22.8 Å². The first kappa shape index (κ1) is 15.8. The zero-order valence-electron chi connectivity index (χ0n) is 11.4. The Morgan fingerprint density at radius 3 is 2.68 bits per heavy atom. The molecule has 106 valence electrons. The van der Waals surface area contributed by atoms with Crippen LogP contribution in [0.4, 0.5) is 4.39 Å². The van der Waals surface area contributed by atoms with Crippen LogP contribution in [0.25, 0.3) is 0 Å². The Morgan fingerprint density at radius 1 is 1.53 bits per heavy atom. The monoisotopic (exact) mass is 287 g/mol. The molecule has 0 bridgehead atoms. The van der Waals surface area contributed by atoms with Crippen molar-refractivity contribution in [1.29, 1.82) is 0 Å². The predicted molar refractivity (Wildman–Crippen MR) is 74.5 cm³/mol. The summed E-state index contributed by atoms with van der Waals surface area (Å²) in [5.74, 6) is -0.279. The van der Waals surface area contributed by atoms with Gasteiger partial charge in [-0.3, -0.25) is 4.79 Å². The number of carbonyl (C=O) groups is 1. The summed E-state index contributed by atoms with van der Waals surface area (Å²) in [6.07, 6.45) is 1.42. The third kappa shape index (κ3) is 4.10. The maximum Gasteiger partial charge on any atom is 0.251 e. The summed E-state index contributed by atoms with van der Waals surface area (Å²) in [6.45, 7) is 3.90. The van der Waals surface area contributed by atoms with Crippen molar-refractivity contribution in [2.75, 3.05) is 13.0 Å². The molecular weight excluding hydrogens is 269 g/mol. The summed E-state index contributed by atoms with van der Waals surface area (Å²) in [5, 5.41) is 2.89. The molecule has 3 nitrogen and oxygen atoms in total. The van der Waals surface area contributed by atoms with Gasteiger partial charge in [-0.1, -0.05) is 6.92 Å². The van der Waals surface area contributed by atoms with Crippen molar-refractivity contribution in [2.45, 2.75) is 32.2 Å². The Hall–Kier alpha value is -1.29. The minimum Gasteiger partial charge on any atom is -0.494 e. The van der Waals surface area contributed by atoms with E-state index >= 15 is 0 Å². The fraction of sp³-hybridized carbons (Fsp3) is 0.500. The molecule has 0 spiro atoms. The van der Waals surface area contributed by atoms with Gasteiger partial charge in [-0.15, -0.1) is 11.6 Å². The van der Waals surface area contributed by atoms with E-state index in [2.05, 4.69) is 5.32 Å². The second-order valence-electron chi connectivity index (χ2n) is 4.66. The molecule has 0 saturated heterocycles. The van der Waals surface area contributed by atoms with Gasteiger partial charge in [0.1, 0.15) is 0 Å². The largest absolute Gasteiger partial charge is 0.494 e. The molecular formula is C14H19ClFNO2. The molecule has 1 unspecified atom stereocenters. The Labute approximate surface area is 118 Å². The molecule has 1 atom stereocenters. The van der Waals surface area contributed by atoms with Crippen LogP contribution in [0.3, 0.4) is 0 Å². The number of hydrogen-bond acceptors (Lipinski definition) is 2. The third-order valence-electron chi connectivity index (χ3n) is 3.26. The highest BCUT2D eigenvalue weighted by Crippen LogP contribution is 2.20. The van der Waals surface area contributed by atoms with Crippen molar-refractivity contribution in [1.82, 2.24) is 5.32 Å². The molecule has 0 heterocycles. The maximum atomic E-state index is 13.5. The summed E-state index contributed by atoms with van der Waals surface area (Å²) in [4.78, 5) is 12.1. The number of halogens is 2. The van der Waals surface area contributed by atoms with Gasteiger partial charge in [0, 0.05) is 17.0 Å². The van der Waals surface area contributed by atoms with Crippen molar-refractivity contribution in [3.63, 3.8) is 0 Å². The lowest BCUT2D eigenvalue weighted by Gasteiger charge is -2.29. The van der Waals surface area contributed by atoms with Crippen LogP contribution in [0.1, 0.15) is 37.0 Å². The van der Waals surface area contributed by atoms with Gasteiger partial charge < -0.3 is 10.1 Å². The number of methoxy groups -OCH3 is 1. The number of hydrogen-bond donors (Lipinski definition) is 1. The van der Waals surface area contributed by atoms with Gasteiger partial charge >= 0.3 is 0 Å². The Balaban J connectivity index is 2.86. The minimum atomic E-state index is -0.550. The number of alkyl halides is 1. The molecule has 0 fully saturated rings. The zero-order valence-corrected chi connectivity index (χ0v) is 12.2. The van der Waals surface area contributed by atoms with Crippen molar-refractivity contribution in [2.24, 2.45) is 0 Å². The molecule has 1 aromatic carbocycles. The topological polar surface area (TPSA) is 38.3 Å². The first-order valence-corrected chi connectivity index (χ1v) is 6.71. The summed E-state index contributed by atoms with van der Waals surface area (Å²) >= 11 is 5.73. The van der Waals surface area contributed by atoms with E-state index in [0.717, 1.165) is 6.42 Å². The number of carbonyl (C=O) groups excluding carboxylic acids is 1. The predicted octanol–water partition coefficient (Wildman–Crippen LogP) is 3.36. The average molecular weight is 288 g/mol. The second-order valence-corrected chi connectivity index (χ2v) is 5.03. The molecule has 0 aliphatic heterocycles. The van der Waals surface area contributed by atoms with Crippen LogP contribution in [0.2, 0.25) is 0 Å². The quantitative estimate of drug-likeness (QED) is 0.815. The van der Waals surface area contributed by atoms with E-state index in [9.17, 15) is 9.18 Å². The molecule has 1 amide bonds. The van der Waals surface area contributed by atoms with Gasteiger partial charge in [0.05, 0.1) is 7.11 Å². The highest BCUT2D eigenvalue weighted by molar-refractivity contribution is 6.17. The summed E-state index contributed by atoms with van der Waals surface area (Å²) < 4.78 is 18.4. The molecule has 1 N–H and O–H groups in total. The SMILES string of the molecule is CCC(C)(CCCl)NC(=O)c1ccc(OC)c(F)c1. The van der Waals surface area contributed by atoms with Gasteiger partial charge in [0.15, 0.2) is 11.6 Å². The molecule has 19 heavy (non-hydrogen) atoms. The van der Waals surface area contributed by atoms with Crippen molar-refractivity contribution >= 4 is 17.5 Å². The summed E-state index contributed by atoms with van der Waals surface area (Å²) in [6, 6.07) is 4.15. The lowest BCUT2D eigenvalue weighted by atomic mass is 9.95. The number of rotatable bonds is 6. The molecule has 0 saturated carbocycles. The summed E-state index contributed by atoms with van der Waals surface area (Å²) in [7, 11) is 1.38. The van der Waals surface area contributed by atoms with Crippen LogP contribution in [0, 0.1) is 5.82 Å². The Kier molecular flexibility index (Phi) is 5.60. The molecule has 0 radical (unpaired) electrons. The van der Waals surface area contributed by atoms with Gasteiger partial charge in [-0.2, -0.15) is 0 Å². The number of amides is 1. The Bertz CT molecular complexity index is 453. The van der Waals surface area contributed by atoms with E-state index in [1.54, 1.807) is 0 Å². The van der Waals surface area contributed by atoms with E-state index in [0.29, 0.717) is 12.3 Å². The first-order chi connectivity index (χ1) is 8.95. The summed E-state index contributed by atoms with van der Waals surface area (Å²) in [5.41, 5.74) is -0.109. The van der Waals surface area contributed by atoms with Crippen molar-refractivity contribution in [3.8, 4) is 5.75 Å². The normalized spacial score (nSPS) is 13.7. The lowest BCUT2D eigenvalue weighted by Crippen LogP contribution is -2.45. The average Bonchev–Trinajstić information content (AvgIpc) is 2.38. The lowest BCUT2D eigenvalue weighted by molar-refractivity contribution is 0.0901. The molecule has 0 aliphatic carbocycles.